The summed E-state index contributed by atoms with van der Waals surface area (Å²) >= 11 is 0. The van der Waals surface area contributed by atoms with Gasteiger partial charge in [-0.25, -0.2) is 9.78 Å². The number of para-hydroxylation sites is 1. The van der Waals surface area contributed by atoms with Gasteiger partial charge in [0.2, 0.25) is 17.7 Å². The van der Waals surface area contributed by atoms with Gasteiger partial charge >= 0.3 is 5.97 Å². The second-order valence-corrected chi connectivity index (χ2v) is 10.6. The second kappa shape index (κ2) is 14.4. The van der Waals surface area contributed by atoms with Crippen LogP contribution in [0.1, 0.15) is 51.8 Å². The predicted molar refractivity (Wildman–Crippen MR) is 155 cm³/mol. The summed E-state index contributed by atoms with van der Waals surface area (Å²) in [5, 5.41) is 18.8. The highest BCUT2D eigenvalue weighted by Crippen LogP contribution is 2.20. The van der Waals surface area contributed by atoms with Gasteiger partial charge in [-0.2, -0.15) is 0 Å². The number of nitrogens with one attached hydrogen (secondary N) is 5. The fraction of sp³-hybridized carbons (Fsp3) is 0.483. The maximum absolute atomic E-state index is 13.6. The van der Waals surface area contributed by atoms with Crippen LogP contribution >= 0.6 is 0 Å². The first-order valence-electron chi connectivity index (χ1n) is 14.0. The molecule has 0 aliphatic heterocycles. The minimum absolute atomic E-state index is 0.0200. The monoisotopic (exact) mass is 567 g/mol. The Balaban J connectivity index is 1.87. The number of aromatic amines is 2. The summed E-state index contributed by atoms with van der Waals surface area (Å²) in [6.07, 6.45) is 6.02. The first-order chi connectivity index (χ1) is 19.5. The van der Waals surface area contributed by atoms with Gasteiger partial charge in [-0.05, 0) is 23.5 Å². The molecular weight excluding hydrogens is 526 g/mol. The first-order valence-corrected chi connectivity index (χ1v) is 14.0. The molecule has 0 radical (unpaired) electrons. The summed E-state index contributed by atoms with van der Waals surface area (Å²) < 4.78 is 0. The molecule has 0 aliphatic rings. The average Bonchev–Trinajstić information content (AvgIpc) is 3.63. The van der Waals surface area contributed by atoms with Gasteiger partial charge < -0.3 is 36.8 Å². The lowest BCUT2D eigenvalue weighted by atomic mass is 9.95. The van der Waals surface area contributed by atoms with Crippen molar-refractivity contribution < 1.29 is 24.3 Å². The number of fused-ring (bicyclic) bond motifs is 1. The van der Waals surface area contributed by atoms with Crippen molar-refractivity contribution in [3.63, 3.8) is 0 Å². The van der Waals surface area contributed by atoms with Gasteiger partial charge in [0.15, 0.2) is 0 Å². The van der Waals surface area contributed by atoms with Crippen molar-refractivity contribution >= 4 is 34.6 Å². The third kappa shape index (κ3) is 8.16. The van der Waals surface area contributed by atoms with Crippen molar-refractivity contribution in [3.8, 4) is 0 Å². The Hall–Kier alpha value is -4.19. The number of amides is 3. The molecule has 3 rings (SSSR count). The van der Waals surface area contributed by atoms with E-state index in [0.717, 1.165) is 16.5 Å². The molecule has 3 aromatic rings. The summed E-state index contributed by atoms with van der Waals surface area (Å²) in [6.45, 7) is 7.53. The quantitative estimate of drug-likeness (QED) is 0.145. The number of hydrogen-bond acceptors (Lipinski definition) is 6. The summed E-state index contributed by atoms with van der Waals surface area (Å²) in [4.78, 5) is 62.0. The van der Waals surface area contributed by atoms with E-state index < -0.39 is 47.9 Å². The molecule has 1 aromatic carbocycles. The van der Waals surface area contributed by atoms with E-state index in [1.54, 1.807) is 6.20 Å². The molecule has 2 heterocycles. The van der Waals surface area contributed by atoms with Gasteiger partial charge in [-0.1, -0.05) is 58.7 Å². The van der Waals surface area contributed by atoms with Crippen LogP contribution in [0, 0.1) is 11.8 Å². The number of carbonyl (C=O) groups is 4. The lowest BCUT2D eigenvalue weighted by molar-refractivity contribution is -0.142. The van der Waals surface area contributed by atoms with Gasteiger partial charge in [0.25, 0.3) is 0 Å². The predicted octanol–water partition coefficient (Wildman–Crippen LogP) is 1.63. The number of carbonyl (C=O) groups excluding carboxylic acids is 3. The number of H-pyrrole nitrogens is 2. The van der Waals surface area contributed by atoms with Gasteiger partial charge in [-0.15, -0.1) is 0 Å². The molecule has 12 heteroatoms. The fourth-order valence-corrected chi connectivity index (χ4v) is 4.54. The highest BCUT2D eigenvalue weighted by Gasteiger charge is 2.33. The summed E-state index contributed by atoms with van der Waals surface area (Å²) in [5.41, 5.74) is 8.28. The number of benzene rings is 1. The zero-order valence-electron chi connectivity index (χ0n) is 23.9. The summed E-state index contributed by atoms with van der Waals surface area (Å²) in [6, 6.07) is 3.42. The molecule has 0 spiro atoms. The van der Waals surface area contributed by atoms with E-state index in [0.29, 0.717) is 18.5 Å². The van der Waals surface area contributed by atoms with E-state index in [9.17, 15) is 24.3 Å². The number of rotatable bonds is 15. The number of imidazole rings is 1. The third-order valence-electron chi connectivity index (χ3n) is 7.68. The number of nitrogens with two attached hydrogens (primary N) is 1. The van der Waals surface area contributed by atoms with E-state index in [4.69, 9.17) is 5.73 Å². The molecule has 2 aromatic heterocycles. The molecule has 41 heavy (non-hydrogen) atoms. The Morgan fingerprint density at radius 3 is 2.22 bits per heavy atom. The number of carboxylic acids is 1. The number of aromatic nitrogens is 3. The third-order valence-corrected chi connectivity index (χ3v) is 7.68. The Bertz CT molecular complexity index is 1320. The van der Waals surface area contributed by atoms with Crippen LogP contribution in [0.2, 0.25) is 0 Å². The van der Waals surface area contributed by atoms with Crippen LogP contribution in [0.3, 0.4) is 0 Å². The van der Waals surface area contributed by atoms with E-state index in [2.05, 4.69) is 30.9 Å². The minimum Gasteiger partial charge on any atom is -0.480 e. The largest absolute Gasteiger partial charge is 0.480 e. The van der Waals surface area contributed by atoms with Crippen molar-refractivity contribution in [2.24, 2.45) is 17.6 Å². The van der Waals surface area contributed by atoms with Crippen molar-refractivity contribution in [2.45, 2.75) is 77.5 Å². The van der Waals surface area contributed by atoms with Crippen LogP contribution < -0.4 is 21.7 Å². The van der Waals surface area contributed by atoms with E-state index in [-0.39, 0.29) is 24.7 Å². The number of aliphatic carboxylic acids is 1. The molecule has 222 valence electrons. The van der Waals surface area contributed by atoms with Crippen molar-refractivity contribution in [2.75, 3.05) is 0 Å². The maximum Gasteiger partial charge on any atom is 0.326 e. The van der Waals surface area contributed by atoms with E-state index in [1.807, 2.05) is 52.0 Å². The van der Waals surface area contributed by atoms with Crippen molar-refractivity contribution in [1.29, 1.82) is 0 Å². The van der Waals surface area contributed by atoms with Crippen LogP contribution in [0.25, 0.3) is 10.9 Å². The molecule has 6 unspecified atom stereocenters. The Morgan fingerprint density at radius 1 is 0.902 bits per heavy atom. The SMILES string of the molecule is CCC(C)C(N)C(=O)NC(C(=O)NC(Cc1c[nH]c2ccccc12)C(=O)NC(Cc1cnc[nH]1)C(=O)O)C(C)CC. The maximum atomic E-state index is 13.6. The summed E-state index contributed by atoms with van der Waals surface area (Å²) in [7, 11) is 0. The minimum atomic E-state index is -1.26. The van der Waals surface area contributed by atoms with Gasteiger partial charge in [-0.3, -0.25) is 14.4 Å². The Morgan fingerprint density at radius 2 is 1.59 bits per heavy atom. The van der Waals surface area contributed by atoms with Gasteiger partial charge in [0.05, 0.1) is 12.4 Å². The second-order valence-electron chi connectivity index (χ2n) is 10.6. The number of nitrogens with zero attached hydrogens (tertiary/aromatic N) is 1. The van der Waals surface area contributed by atoms with Gasteiger partial charge in [0, 0.05) is 41.8 Å². The summed E-state index contributed by atoms with van der Waals surface area (Å²) in [5.74, 6) is -3.23. The topological polar surface area (TPSA) is 195 Å². The average molecular weight is 568 g/mol. The van der Waals surface area contributed by atoms with Crippen LogP contribution in [-0.4, -0.2) is 67.9 Å². The number of hydrogen-bond donors (Lipinski definition) is 7. The van der Waals surface area contributed by atoms with E-state index in [1.165, 1.54) is 12.5 Å². The number of carboxylic acid groups (broad SMARTS) is 1. The van der Waals surface area contributed by atoms with Crippen molar-refractivity contribution in [3.05, 3.63) is 54.2 Å². The van der Waals surface area contributed by atoms with Crippen LogP contribution in [0.15, 0.2) is 43.0 Å². The molecule has 12 nitrogen and oxygen atoms in total. The smallest absolute Gasteiger partial charge is 0.326 e. The van der Waals surface area contributed by atoms with Crippen LogP contribution in [-0.2, 0) is 32.0 Å². The van der Waals surface area contributed by atoms with Crippen molar-refractivity contribution in [1.82, 2.24) is 30.9 Å². The molecule has 0 aliphatic carbocycles. The molecule has 0 bridgehead atoms. The highest BCUT2D eigenvalue weighted by molar-refractivity contribution is 5.95. The highest BCUT2D eigenvalue weighted by atomic mass is 16.4. The van der Waals surface area contributed by atoms with Crippen LogP contribution in [0.4, 0.5) is 0 Å². The molecule has 0 fully saturated rings. The zero-order chi connectivity index (χ0) is 30.1. The standard InChI is InChI=1S/C29H41N7O5/c1-5-16(3)24(30)27(38)36-25(17(4)6-2)28(39)34-22(11-18-13-32-21-10-8-7-9-20(18)21)26(37)35-23(29(40)41)12-19-14-31-15-33-19/h7-10,13-17,22-25,32H,5-6,11-12,30H2,1-4H3,(H,31,33)(H,34,39)(H,35,37)(H,36,38)(H,40,41). The molecular formula is C29H41N7O5. The Kier molecular flexibility index (Phi) is 11.0. The van der Waals surface area contributed by atoms with Gasteiger partial charge in [0.1, 0.15) is 18.1 Å². The molecule has 6 atom stereocenters. The zero-order valence-corrected chi connectivity index (χ0v) is 23.9. The molecule has 0 saturated heterocycles. The first kappa shape index (κ1) is 31.3. The molecule has 0 saturated carbocycles. The molecule has 3 amide bonds. The fourth-order valence-electron chi connectivity index (χ4n) is 4.54. The Labute approximate surface area is 239 Å². The van der Waals surface area contributed by atoms with E-state index >= 15 is 0 Å². The molecule has 8 N–H and O–H groups in total. The lowest BCUT2D eigenvalue weighted by Crippen LogP contribution is -2.59. The normalized spacial score (nSPS) is 15.7. The van der Waals surface area contributed by atoms with Crippen LogP contribution in [0.5, 0.6) is 0 Å². The lowest BCUT2D eigenvalue weighted by Gasteiger charge is -2.28.